The van der Waals surface area contributed by atoms with Crippen LogP contribution in [0.2, 0.25) is 0 Å². The lowest BCUT2D eigenvalue weighted by atomic mass is 9.90. The van der Waals surface area contributed by atoms with Gasteiger partial charge in [-0.2, -0.15) is 13.2 Å². The van der Waals surface area contributed by atoms with Gasteiger partial charge < -0.3 is 0 Å². The maximum absolute atomic E-state index is 13.1. The molecule has 0 rings (SSSR count). The number of halogens is 4. The lowest BCUT2D eigenvalue weighted by Gasteiger charge is -2.17. The maximum Gasteiger partial charge on any atom is 0.389 e. The van der Waals surface area contributed by atoms with E-state index >= 15 is 0 Å². The Morgan fingerprint density at radius 3 is 1.88 bits per heavy atom. The van der Waals surface area contributed by atoms with Gasteiger partial charge in [-0.15, -0.1) is 0 Å². The molecule has 0 aliphatic heterocycles. The zero-order valence-electron chi connectivity index (χ0n) is 10.0. The van der Waals surface area contributed by atoms with Crippen LogP contribution in [0.15, 0.2) is 0 Å². The SMILES string of the molecule is CCC(CC(F)(F)F)C(=O)CC(=O)C(C)(C)F. The Balaban J connectivity index is 4.53. The molecule has 0 saturated carbocycles. The van der Waals surface area contributed by atoms with Crippen LogP contribution in [0.25, 0.3) is 0 Å². The number of hydrogen-bond acceptors (Lipinski definition) is 2. The van der Waals surface area contributed by atoms with Gasteiger partial charge in [-0.25, -0.2) is 4.39 Å². The molecular weight excluding hydrogens is 240 g/mol. The molecule has 0 aromatic carbocycles. The van der Waals surface area contributed by atoms with Crippen molar-refractivity contribution in [1.82, 2.24) is 0 Å². The molecule has 0 aromatic rings. The summed E-state index contributed by atoms with van der Waals surface area (Å²) in [6.07, 6.45) is -6.51. The predicted octanol–water partition coefficient (Wildman–Crippen LogP) is 3.24. The third-order valence-electron chi connectivity index (χ3n) is 2.42. The van der Waals surface area contributed by atoms with Crippen molar-refractivity contribution in [2.24, 2.45) is 5.92 Å². The normalized spacial score (nSPS) is 14.5. The monoisotopic (exact) mass is 256 g/mol. The summed E-state index contributed by atoms with van der Waals surface area (Å²) in [5, 5.41) is 0. The van der Waals surface area contributed by atoms with Crippen molar-refractivity contribution >= 4 is 11.6 Å². The molecule has 6 heteroatoms. The summed E-state index contributed by atoms with van der Waals surface area (Å²) in [6, 6.07) is 0. The minimum absolute atomic E-state index is 0.0155. The molecule has 0 aliphatic carbocycles. The highest BCUT2D eigenvalue weighted by Crippen LogP contribution is 2.28. The molecule has 0 bridgehead atoms. The summed E-state index contributed by atoms with van der Waals surface area (Å²) < 4.78 is 49.5. The Morgan fingerprint density at radius 2 is 1.59 bits per heavy atom. The first kappa shape index (κ1) is 16.1. The van der Waals surface area contributed by atoms with Crippen molar-refractivity contribution < 1.29 is 27.2 Å². The quantitative estimate of drug-likeness (QED) is 0.540. The molecule has 100 valence electrons. The van der Waals surface area contributed by atoms with Gasteiger partial charge in [-0.3, -0.25) is 9.59 Å². The second-order valence-corrected chi connectivity index (χ2v) is 4.46. The van der Waals surface area contributed by atoms with Gasteiger partial charge in [-0.05, 0) is 20.3 Å². The smallest absolute Gasteiger partial charge is 0.299 e. The fraction of sp³-hybridized carbons (Fsp3) is 0.818. The molecule has 0 radical (unpaired) electrons. The molecule has 0 heterocycles. The average molecular weight is 256 g/mol. The molecule has 0 aliphatic rings. The van der Waals surface area contributed by atoms with Crippen molar-refractivity contribution in [2.45, 2.75) is 51.9 Å². The van der Waals surface area contributed by atoms with Crippen LogP contribution in [-0.2, 0) is 9.59 Å². The topological polar surface area (TPSA) is 34.1 Å². The van der Waals surface area contributed by atoms with E-state index in [1.807, 2.05) is 0 Å². The Morgan fingerprint density at radius 1 is 1.12 bits per heavy atom. The second-order valence-electron chi connectivity index (χ2n) is 4.46. The second kappa shape index (κ2) is 5.60. The lowest BCUT2D eigenvalue weighted by molar-refractivity contribution is -0.155. The first-order chi connectivity index (χ1) is 7.47. The van der Waals surface area contributed by atoms with E-state index in [2.05, 4.69) is 0 Å². The van der Waals surface area contributed by atoms with E-state index < -0.39 is 42.2 Å². The fourth-order valence-electron chi connectivity index (χ4n) is 1.28. The molecule has 0 spiro atoms. The molecule has 0 saturated heterocycles. The summed E-state index contributed by atoms with van der Waals surface area (Å²) in [6.45, 7) is 3.39. The van der Waals surface area contributed by atoms with Crippen LogP contribution < -0.4 is 0 Å². The Kier molecular flexibility index (Phi) is 5.29. The van der Waals surface area contributed by atoms with E-state index in [0.717, 1.165) is 13.8 Å². The molecule has 0 aromatic heterocycles. The van der Waals surface area contributed by atoms with E-state index in [1.165, 1.54) is 6.92 Å². The van der Waals surface area contributed by atoms with Gasteiger partial charge in [0, 0.05) is 5.92 Å². The Hall–Kier alpha value is -0.940. The number of alkyl halides is 4. The van der Waals surface area contributed by atoms with E-state index in [-0.39, 0.29) is 6.42 Å². The highest BCUT2D eigenvalue weighted by molar-refractivity contribution is 6.03. The lowest BCUT2D eigenvalue weighted by Crippen LogP contribution is -2.31. The molecule has 0 fully saturated rings. The Bertz CT molecular complexity index is 289. The van der Waals surface area contributed by atoms with Crippen LogP contribution in [0, 0.1) is 5.92 Å². The maximum atomic E-state index is 13.1. The first-order valence-electron chi connectivity index (χ1n) is 5.29. The van der Waals surface area contributed by atoms with E-state index in [9.17, 15) is 27.2 Å². The largest absolute Gasteiger partial charge is 0.389 e. The molecule has 0 amide bonds. The number of rotatable bonds is 6. The summed E-state index contributed by atoms with van der Waals surface area (Å²) in [7, 11) is 0. The van der Waals surface area contributed by atoms with Crippen molar-refractivity contribution in [3.8, 4) is 0 Å². The third-order valence-corrected chi connectivity index (χ3v) is 2.42. The van der Waals surface area contributed by atoms with Crippen LogP contribution in [0.4, 0.5) is 17.6 Å². The molecule has 0 N–H and O–H groups in total. The van der Waals surface area contributed by atoms with Gasteiger partial charge in [0.15, 0.2) is 11.5 Å². The zero-order chi connectivity index (χ0) is 13.9. The van der Waals surface area contributed by atoms with Crippen LogP contribution in [-0.4, -0.2) is 23.4 Å². The van der Waals surface area contributed by atoms with E-state index in [0.29, 0.717) is 0 Å². The van der Waals surface area contributed by atoms with Crippen molar-refractivity contribution in [3.63, 3.8) is 0 Å². The van der Waals surface area contributed by atoms with Gasteiger partial charge in [0.05, 0.1) is 12.8 Å². The third kappa shape index (κ3) is 6.38. The summed E-state index contributed by atoms with van der Waals surface area (Å²) in [4.78, 5) is 22.6. The molecule has 2 nitrogen and oxygen atoms in total. The van der Waals surface area contributed by atoms with Gasteiger partial charge in [-0.1, -0.05) is 6.92 Å². The first-order valence-corrected chi connectivity index (χ1v) is 5.29. The predicted molar refractivity (Wildman–Crippen MR) is 54.3 cm³/mol. The van der Waals surface area contributed by atoms with Crippen LogP contribution in [0.3, 0.4) is 0 Å². The van der Waals surface area contributed by atoms with Crippen LogP contribution in [0.1, 0.15) is 40.0 Å². The number of Topliss-reactive ketones (excluding diaryl/α,β-unsaturated/α-hetero) is 2. The van der Waals surface area contributed by atoms with Crippen LogP contribution >= 0.6 is 0 Å². The number of carbonyl (C=O) groups excluding carboxylic acids is 2. The number of carbonyl (C=O) groups is 2. The molecular formula is C11H16F4O2. The van der Waals surface area contributed by atoms with Gasteiger partial charge in [0.1, 0.15) is 5.78 Å². The summed E-state index contributed by atoms with van der Waals surface area (Å²) in [5.74, 6) is -3.09. The minimum Gasteiger partial charge on any atom is -0.299 e. The van der Waals surface area contributed by atoms with Gasteiger partial charge in [0.2, 0.25) is 0 Å². The Labute approximate surface area is 97.4 Å². The van der Waals surface area contributed by atoms with Crippen molar-refractivity contribution in [1.29, 1.82) is 0 Å². The summed E-state index contributed by atoms with van der Waals surface area (Å²) >= 11 is 0. The van der Waals surface area contributed by atoms with Gasteiger partial charge in [0.25, 0.3) is 0 Å². The molecule has 17 heavy (non-hydrogen) atoms. The standard InChI is InChI=1S/C11H16F4O2/c1-4-7(6-11(13,14)15)8(16)5-9(17)10(2,3)12/h7H,4-6H2,1-3H3. The number of hydrogen-bond donors (Lipinski definition) is 0. The summed E-state index contributed by atoms with van der Waals surface area (Å²) in [5.41, 5.74) is -2.19. The average Bonchev–Trinajstić information content (AvgIpc) is 2.10. The molecule has 1 unspecified atom stereocenters. The molecule has 1 atom stereocenters. The minimum atomic E-state index is -4.45. The van der Waals surface area contributed by atoms with E-state index in [4.69, 9.17) is 0 Å². The highest BCUT2D eigenvalue weighted by Gasteiger charge is 2.36. The zero-order valence-corrected chi connectivity index (χ0v) is 10.0. The highest BCUT2D eigenvalue weighted by atomic mass is 19.4. The van der Waals surface area contributed by atoms with Crippen molar-refractivity contribution in [3.05, 3.63) is 0 Å². The van der Waals surface area contributed by atoms with Crippen LogP contribution in [0.5, 0.6) is 0 Å². The van der Waals surface area contributed by atoms with Gasteiger partial charge >= 0.3 is 6.18 Å². The van der Waals surface area contributed by atoms with E-state index in [1.54, 1.807) is 0 Å². The number of ketones is 2. The fourth-order valence-corrected chi connectivity index (χ4v) is 1.28. The van der Waals surface area contributed by atoms with Crippen molar-refractivity contribution in [2.75, 3.05) is 0 Å².